The third-order valence-corrected chi connectivity index (χ3v) is 7.10. The van der Waals surface area contributed by atoms with Crippen LogP contribution < -0.4 is 40.6 Å². The number of benzene rings is 3. The SMILES string of the molecule is Nc1ccccc1NC(=O)c1ccc(CN(CCOC(=O)Nc2ccc3c(c2)OCCO3)C(=O)Nc2ccc3c(c2)OCCO3)cn1. The van der Waals surface area contributed by atoms with Crippen molar-refractivity contribution in [3.63, 3.8) is 0 Å². The Hall–Kier alpha value is -6.18. The minimum atomic E-state index is -0.704. The van der Waals surface area contributed by atoms with E-state index in [4.69, 9.17) is 29.4 Å². The van der Waals surface area contributed by atoms with E-state index in [1.807, 2.05) is 0 Å². The lowest BCUT2D eigenvalue weighted by Crippen LogP contribution is -2.37. The zero-order valence-corrected chi connectivity index (χ0v) is 25.2. The summed E-state index contributed by atoms with van der Waals surface area (Å²) in [7, 11) is 0. The molecular weight excluding hydrogens is 608 g/mol. The van der Waals surface area contributed by atoms with Gasteiger partial charge in [0, 0.05) is 36.2 Å². The number of anilines is 4. The number of aromatic nitrogens is 1. The van der Waals surface area contributed by atoms with Gasteiger partial charge in [-0.15, -0.1) is 0 Å². The summed E-state index contributed by atoms with van der Waals surface area (Å²) in [6, 6.07) is 19.8. The third kappa shape index (κ3) is 7.92. The second-order valence-electron chi connectivity index (χ2n) is 10.4. The normalized spacial score (nSPS) is 12.8. The number of ether oxygens (including phenoxy) is 5. The number of pyridine rings is 1. The smallest absolute Gasteiger partial charge is 0.411 e. The van der Waals surface area contributed by atoms with E-state index in [-0.39, 0.29) is 25.4 Å². The van der Waals surface area contributed by atoms with Gasteiger partial charge in [-0.05, 0) is 48.0 Å². The van der Waals surface area contributed by atoms with E-state index >= 15 is 0 Å². The van der Waals surface area contributed by atoms with Crippen LogP contribution in [0.1, 0.15) is 16.1 Å². The van der Waals surface area contributed by atoms with Crippen LogP contribution in [0.25, 0.3) is 0 Å². The van der Waals surface area contributed by atoms with Gasteiger partial charge in [0.25, 0.3) is 5.91 Å². The highest BCUT2D eigenvalue weighted by atomic mass is 16.6. The molecule has 0 fully saturated rings. The first-order chi connectivity index (χ1) is 22.9. The maximum Gasteiger partial charge on any atom is 0.411 e. The number of amides is 4. The van der Waals surface area contributed by atoms with E-state index in [1.165, 1.54) is 11.1 Å². The summed E-state index contributed by atoms with van der Waals surface area (Å²) in [5, 5.41) is 8.25. The van der Waals surface area contributed by atoms with Crippen molar-refractivity contribution < 1.29 is 38.1 Å². The first kappa shape index (κ1) is 30.8. The minimum Gasteiger partial charge on any atom is -0.486 e. The maximum absolute atomic E-state index is 13.5. The molecule has 2 aliphatic heterocycles. The monoisotopic (exact) mass is 640 g/mol. The Morgan fingerprint density at radius 2 is 1.40 bits per heavy atom. The van der Waals surface area contributed by atoms with Crippen LogP contribution >= 0.6 is 0 Å². The van der Waals surface area contributed by atoms with Gasteiger partial charge in [0.2, 0.25) is 0 Å². The summed E-state index contributed by atoms with van der Waals surface area (Å²) in [5.41, 5.74) is 8.60. The molecule has 0 bridgehead atoms. The molecule has 0 unspecified atom stereocenters. The quantitative estimate of drug-likeness (QED) is 0.187. The molecule has 4 amide bonds. The number of carbonyl (C=O) groups is 3. The van der Waals surface area contributed by atoms with Crippen LogP contribution in [0.3, 0.4) is 0 Å². The second-order valence-corrected chi connectivity index (χ2v) is 10.4. The molecule has 14 nitrogen and oxygen atoms in total. The summed E-state index contributed by atoms with van der Waals surface area (Å²) in [4.78, 5) is 44.5. The van der Waals surface area contributed by atoms with E-state index in [2.05, 4.69) is 20.9 Å². The Kier molecular flexibility index (Phi) is 9.37. The number of urea groups is 1. The molecule has 242 valence electrons. The Morgan fingerprint density at radius 1 is 0.766 bits per heavy atom. The first-order valence-electron chi connectivity index (χ1n) is 14.8. The lowest BCUT2D eigenvalue weighted by Gasteiger charge is -2.24. The molecule has 14 heteroatoms. The Balaban J connectivity index is 1.10. The zero-order valence-electron chi connectivity index (χ0n) is 25.2. The molecule has 0 saturated heterocycles. The number of nitrogens with one attached hydrogen (secondary N) is 3. The number of nitrogen functional groups attached to an aromatic ring is 1. The number of nitrogens with two attached hydrogens (primary N) is 1. The Labute approximate surface area is 269 Å². The number of hydrogen-bond acceptors (Lipinski definition) is 10. The first-order valence-corrected chi connectivity index (χ1v) is 14.8. The highest BCUT2D eigenvalue weighted by Crippen LogP contribution is 2.33. The van der Waals surface area contributed by atoms with Gasteiger partial charge < -0.3 is 45.0 Å². The summed E-state index contributed by atoms with van der Waals surface area (Å²) in [6.45, 7) is 1.76. The standard InChI is InChI=1S/C33H32N6O8/c34-24-3-1-2-4-25(24)38-31(40)26-8-5-21(19-35-26)20-39(32(41)36-22-6-9-27-29(17-22)45-15-13-43-27)11-12-47-33(42)37-23-7-10-28-30(18-23)46-16-14-44-28/h1-10,17-19H,11-16,20,34H2,(H,36,41)(H,37,42)(H,38,40). The van der Waals surface area contributed by atoms with E-state index in [0.717, 1.165) is 0 Å². The van der Waals surface area contributed by atoms with Gasteiger partial charge in [0.1, 0.15) is 38.7 Å². The maximum atomic E-state index is 13.5. The van der Waals surface area contributed by atoms with Gasteiger partial charge in [0.15, 0.2) is 23.0 Å². The minimum absolute atomic E-state index is 0.0421. The molecule has 4 aromatic rings. The van der Waals surface area contributed by atoms with Crippen LogP contribution in [-0.2, 0) is 11.3 Å². The predicted octanol–water partition coefficient (Wildman–Crippen LogP) is 4.74. The van der Waals surface area contributed by atoms with Gasteiger partial charge in [-0.2, -0.15) is 0 Å². The van der Waals surface area contributed by atoms with Crippen LogP contribution in [0.5, 0.6) is 23.0 Å². The molecule has 6 rings (SSSR count). The highest BCUT2D eigenvalue weighted by molar-refractivity contribution is 6.04. The van der Waals surface area contributed by atoms with Crippen molar-refractivity contribution in [1.82, 2.24) is 9.88 Å². The van der Waals surface area contributed by atoms with Crippen LogP contribution in [-0.4, -0.2) is 67.5 Å². The number of nitrogens with zero attached hydrogens (tertiary/aromatic N) is 2. The molecule has 47 heavy (non-hydrogen) atoms. The molecule has 0 radical (unpaired) electrons. The molecule has 2 aliphatic rings. The molecule has 3 heterocycles. The summed E-state index contributed by atoms with van der Waals surface area (Å²) in [5.74, 6) is 1.81. The van der Waals surface area contributed by atoms with Crippen molar-refractivity contribution in [2.45, 2.75) is 6.54 Å². The van der Waals surface area contributed by atoms with Crippen molar-refractivity contribution in [3.8, 4) is 23.0 Å². The number of carbonyl (C=O) groups excluding carboxylic acids is 3. The molecule has 0 atom stereocenters. The fourth-order valence-corrected chi connectivity index (χ4v) is 4.77. The van der Waals surface area contributed by atoms with Crippen molar-refractivity contribution in [1.29, 1.82) is 0 Å². The number of hydrogen-bond donors (Lipinski definition) is 4. The van der Waals surface area contributed by atoms with Crippen molar-refractivity contribution in [2.24, 2.45) is 0 Å². The topological polar surface area (TPSA) is 176 Å². The zero-order chi connectivity index (χ0) is 32.6. The second kappa shape index (κ2) is 14.3. The average molecular weight is 641 g/mol. The number of para-hydroxylation sites is 2. The van der Waals surface area contributed by atoms with Crippen molar-refractivity contribution in [2.75, 3.05) is 61.3 Å². The van der Waals surface area contributed by atoms with E-state index < -0.39 is 18.0 Å². The van der Waals surface area contributed by atoms with Gasteiger partial charge in [-0.1, -0.05) is 18.2 Å². The van der Waals surface area contributed by atoms with Crippen molar-refractivity contribution in [3.05, 3.63) is 90.3 Å². The predicted molar refractivity (Wildman–Crippen MR) is 172 cm³/mol. The summed E-state index contributed by atoms with van der Waals surface area (Å²) >= 11 is 0. The van der Waals surface area contributed by atoms with E-state index in [1.54, 1.807) is 72.8 Å². The van der Waals surface area contributed by atoms with Gasteiger partial charge in [-0.3, -0.25) is 15.1 Å². The van der Waals surface area contributed by atoms with E-state index in [9.17, 15) is 14.4 Å². The van der Waals surface area contributed by atoms with E-state index in [0.29, 0.717) is 77.7 Å². The van der Waals surface area contributed by atoms with Crippen LogP contribution in [0.15, 0.2) is 79.0 Å². The van der Waals surface area contributed by atoms with Crippen molar-refractivity contribution >= 4 is 40.8 Å². The van der Waals surface area contributed by atoms with Gasteiger partial charge in [-0.25, -0.2) is 9.59 Å². The largest absolute Gasteiger partial charge is 0.486 e. The lowest BCUT2D eigenvalue weighted by atomic mass is 10.2. The van der Waals surface area contributed by atoms with Crippen LogP contribution in [0, 0.1) is 0 Å². The molecular formula is C33H32N6O8. The van der Waals surface area contributed by atoms with Gasteiger partial charge >= 0.3 is 12.1 Å². The molecule has 0 saturated carbocycles. The molecule has 1 aromatic heterocycles. The summed E-state index contributed by atoms with van der Waals surface area (Å²) < 4.78 is 27.6. The van der Waals surface area contributed by atoms with Crippen LogP contribution in [0.4, 0.5) is 32.3 Å². The highest BCUT2D eigenvalue weighted by Gasteiger charge is 2.19. The van der Waals surface area contributed by atoms with Gasteiger partial charge in [0.05, 0.1) is 17.9 Å². The Bertz CT molecular complexity index is 1770. The van der Waals surface area contributed by atoms with Crippen LogP contribution in [0.2, 0.25) is 0 Å². The third-order valence-electron chi connectivity index (χ3n) is 7.10. The molecule has 0 spiro atoms. The average Bonchev–Trinajstić information content (AvgIpc) is 3.09. The molecule has 0 aliphatic carbocycles. The lowest BCUT2D eigenvalue weighted by molar-refractivity contribution is 0.102. The summed E-state index contributed by atoms with van der Waals surface area (Å²) in [6.07, 6.45) is 0.799. The molecule has 5 N–H and O–H groups in total. The fourth-order valence-electron chi connectivity index (χ4n) is 4.77. The number of rotatable bonds is 9. The fraction of sp³-hybridized carbons (Fsp3) is 0.212. The Morgan fingerprint density at radius 3 is 2.04 bits per heavy atom. The number of fused-ring (bicyclic) bond motifs is 2. The molecule has 3 aromatic carbocycles.